The van der Waals surface area contributed by atoms with Crippen molar-refractivity contribution in [2.45, 2.75) is 83.6 Å². The molecule has 0 radical (unpaired) electrons. The average molecular weight is 330 g/mol. The lowest BCUT2D eigenvalue weighted by molar-refractivity contribution is -0.229. The molecule has 0 aromatic rings. The maximum absolute atomic E-state index is 6.14. The molecule has 0 N–H and O–H groups in total. The van der Waals surface area contributed by atoms with E-state index in [1.54, 1.807) is 0 Å². The van der Waals surface area contributed by atoms with Gasteiger partial charge in [0.05, 0.1) is 19.3 Å². The lowest BCUT2D eigenvalue weighted by Crippen LogP contribution is -2.41. The molecule has 0 amide bonds. The molecule has 5 atom stereocenters. The molecule has 3 saturated heterocycles. The van der Waals surface area contributed by atoms with Crippen molar-refractivity contribution in [3.63, 3.8) is 0 Å². The Morgan fingerprint density at radius 1 is 1.00 bits per heavy atom. The summed E-state index contributed by atoms with van der Waals surface area (Å²) < 4.78 is 35.6. The van der Waals surface area contributed by atoms with Crippen LogP contribution in [-0.2, 0) is 28.4 Å². The van der Waals surface area contributed by atoms with Gasteiger partial charge in [0.1, 0.15) is 12.2 Å². The zero-order chi connectivity index (χ0) is 16.7. The molecule has 3 heterocycles. The van der Waals surface area contributed by atoms with E-state index in [2.05, 4.69) is 6.92 Å². The van der Waals surface area contributed by atoms with Crippen molar-refractivity contribution in [2.75, 3.05) is 19.8 Å². The van der Waals surface area contributed by atoms with Crippen molar-refractivity contribution in [3.8, 4) is 0 Å². The Morgan fingerprint density at radius 3 is 2.43 bits per heavy atom. The quantitative estimate of drug-likeness (QED) is 0.697. The minimum atomic E-state index is -0.617. The Hall–Kier alpha value is -0.240. The summed E-state index contributed by atoms with van der Waals surface area (Å²) >= 11 is 0. The minimum Gasteiger partial charge on any atom is -0.381 e. The Morgan fingerprint density at radius 2 is 1.78 bits per heavy atom. The highest BCUT2D eigenvalue weighted by atomic mass is 16.8. The molecule has 0 spiro atoms. The molecule has 6 nitrogen and oxygen atoms in total. The smallest absolute Gasteiger partial charge is 0.188 e. The maximum Gasteiger partial charge on any atom is 0.188 e. The number of hydrogen-bond acceptors (Lipinski definition) is 6. The fourth-order valence-corrected chi connectivity index (χ4v) is 3.49. The first-order valence-corrected chi connectivity index (χ1v) is 8.72. The van der Waals surface area contributed by atoms with Crippen molar-refractivity contribution in [1.29, 1.82) is 0 Å². The number of ether oxygens (including phenoxy) is 6. The van der Waals surface area contributed by atoms with Gasteiger partial charge in [0, 0.05) is 12.5 Å². The molecule has 23 heavy (non-hydrogen) atoms. The summed E-state index contributed by atoms with van der Waals surface area (Å²) in [5.41, 5.74) is 0. The van der Waals surface area contributed by atoms with Gasteiger partial charge >= 0.3 is 0 Å². The Kier molecular flexibility index (Phi) is 5.03. The molecule has 0 bridgehead atoms. The highest BCUT2D eigenvalue weighted by Gasteiger charge is 2.58. The molecule has 3 aliphatic rings. The molecule has 134 valence electrons. The summed E-state index contributed by atoms with van der Waals surface area (Å²) in [4.78, 5) is 0. The van der Waals surface area contributed by atoms with Gasteiger partial charge < -0.3 is 28.4 Å². The van der Waals surface area contributed by atoms with E-state index >= 15 is 0 Å². The molecule has 3 aliphatic heterocycles. The first-order valence-electron chi connectivity index (χ1n) is 8.72. The molecule has 3 rings (SSSR count). The molecule has 3 fully saturated rings. The highest BCUT2D eigenvalue weighted by Crippen LogP contribution is 2.43. The van der Waals surface area contributed by atoms with Gasteiger partial charge in [-0.05, 0) is 34.1 Å². The maximum atomic E-state index is 6.14. The van der Waals surface area contributed by atoms with Crippen LogP contribution in [0.25, 0.3) is 0 Å². The van der Waals surface area contributed by atoms with Crippen molar-refractivity contribution in [1.82, 2.24) is 0 Å². The summed E-state index contributed by atoms with van der Waals surface area (Å²) in [5.74, 6) is -1.10. The molecular weight excluding hydrogens is 300 g/mol. The largest absolute Gasteiger partial charge is 0.381 e. The van der Waals surface area contributed by atoms with Crippen LogP contribution in [0.3, 0.4) is 0 Å². The van der Waals surface area contributed by atoms with Gasteiger partial charge in [-0.1, -0.05) is 13.3 Å². The summed E-state index contributed by atoms with van der Waals surface area (Å²) in [7, 11) is 0. The zero-order valence-corrected chi connectivity index (χ0v) is 14.9. The SMILES string of the molecule is CCCCOC[C@H]1[C@H]2OC(C)(C)O[C@H]2O[C@@H]1C1COC(C)(C)O1. The fourth-order valence-electron chi connectivity index (χ4n) is 3.49. The third-order valence-corrected chi connectivity index (χ3v) is 4.57. The third kappa shape index (κ3) is 3.89. The van der Waals surface area contributed by atoms with Crippen LogP contribution in [0.2, 0.25) is 0 Å². The van der Waals surface area contributed by atoms with Gasteiger partial charge in [-0.15, -0.1) is 0 Å². The van der Waals surface area contributed by atoms with Gasteiger partial charge in [-0.2, -0.15) is 0 Å². The molecule has 0 aromatic carbocycles. The number of fused-ring (bicyclic) bond motifs is 1. The molecule has 0 aliphatic carbocycles. The van der Waals surface area contributed by atoms with Gasteiger partial charge in [0.2, 0.25) is 0 Å². The fraction of sp³-hybridized carbons (Fsp3) is 1.00. The molecule has 0 aromatic heterocycles. The summed E-state index contributed by atoms with van der Waals surface area (Å²) in [6, 6.07) is 0. The topological polar surface area (TPSA) is 55.4 Å². The van der Waals surface area contributed by atoms with Crippen molar-refractivity contribution >= 4 is 0 Å². The van der Waals surface area contributed by atoms with Crippen LogP contribution in [0, 0.1) is 5.92 Å². The predicted octanol–water partition coefficient (Wildman–Crippen LogP) is 2.45. The van der Waals surface area contributed by atoms with E-state index in [-0.39, 0.29) is 30.5 Å². The van der Waals surface area contributed by atoms with E-state index in [9.17, 15) is 0 Å². The first kappa shape index (κ1) is 17.6. The second-order valence-corrected chi connectivity index (χ2v) is 7.53. The van der Waals surface area contributed by atoms with Crippen LogP contribution in [0.4, 0.5) is 0 Å². The predicted molar refractivity (Wildman–Crippen MR) is 82.8 cm³/mol. The minimum absolute atomic E-state index is 0.0844. The van der Waals surface area contributed by atoms with E-state index in [0.29, 0.717) is 13.2 Å². The molecular formula is C17H30O6. The lowest BCUT2D eigenvalue weighted by atomic mass is 9.95. The van der Waals surface area contributed by atoms with E-state index < -0.39 is 11.6 Å². The van der Waals surface area contributed by atoms with Crippen LogP contribution in [0.15, 0.2) is 0 Å². The Labute approximate surface area is 138 Å². The summed E-state index contributed by atoms with van der Waals surface area (Å²) in [6.07, 6.45) is 1.45. The van der Waals surface area contributed by atoms with E-state index in [1.165, 1.54) is 0 Å². The number of unbranched alkanes of at least 4 members (excludes halogenated alkanes) is 1. The van der Waals surface area contributed by atoms with Gasteiger partial charge in [0.15, 0.2) is 17.9 Å². The third-order valence-electron chi connectivity index (χ3n) is 4.57. The van der Waals surface area contributed by atoms with Crippen LogP contribution in [0.1, 0.15) is 47.5 Å². The monoisotopic (exact) mass is 330 g/mol. The van der Waals surface area contributed by atoms with Crippen molar-refractivity contribution in [2.24, 2.45) is 5.92 Å². The Balaban J connectivity index is 1.66. The van der Waals surface area contributed by atoms with Crippen LogP contribution in [-0.4, -0.2) is 56.0 Å². The molecule has 1 unspecified atom stereocenters. The van der Waals surface area contributed by atoms with E-state index in [4.69, 9.17) is 28.4 Å². The Bertz CT molecular complexity index is 410. The van der Waals surface area contributed by atoms with Gasteiger partial charge in [-0.3, -0.25) is 0 Å². The molecule has 0 saturated carbocycles. The van der Waals surface area contributed by atoms with Gasteiger partial charge in [-0.25, -0.2) is 0 Å². The number of hydrogen-bond donors (Lipinski definition) is 0. The van der Waals surface area contributed by atoms with Crippen molar-refractivity contribution in [3.05, 3.63) is 0 Å². The zero-order valence-electron chi connectivity index (χ0n) is 14.9. The van der Waals surface area contributed by atoms with Crippen molar-refractivity contribution < 1.29 is 28.4 Å². The number of rotatable bonds is 6. The molecule has 6 heteroatoms. The second-order valence-electron chi connectivity index (χ2n) is 7.53. The van der Waals surface area contributed by atoms with Gasteiger partial charge in [0.25, 0.3) is 0 Å². The lowest BCUT2D eigenvalue weighted by Gasteiger charge is -2.29. The summed E-state index contributed by atoms with van der Waals surface area (Å²) in [6.45, 7) is 11.7. The van der Waals surface area contributed by atoms with Crippen LogP contribution >= 0.6 is 0 Å². The second kappa shape index (κ2) is 6.58. The van der Waals surface area contributed by atoms with Crippen LogP contribution < -0.4 is 0 Å². The normalized spacial score (nSPS) is 41.3. The first-order chi connectivity index (χ1) is 10.8. The highest BCUT2D eigenvalue weighted by molar-refractivity contribution is 4.97. The summed E-state index contributed by atoms with van der Waals surface area (Å²) in [5, 5.41) is 0. The van der Waals surface area contributed by atoms with Crippen LogP contribution in [0.5, 0.6) is 0 Å². The van der Waals surface area contributed by atoms with E-state index in [1.807, 2.05) is 27.7 Å². The average Bonchev–Trinajstić information content (AvgIpc) is 3.05. The van der Waals surface area contributed by atoms with E-state index in [0.717, 1.165) is 19.4 Å². The standard InChI is InChI=1S/C17H30O6/c1-6-7-8-18-9-11-13(12-10-19-16(2,3)21-12)20-15-14(11)22-17(4,5)23-15/h11-15H,6-10H2,1-5H3/t11-,12?,13+,14-,15-/m1/s1.